The van der Waals surface area contributed by atoms with Crippen molar-refractivity contribution in [2.24, 2.45) is 4.99 Å². The number of benzene rings is 1. The van der Waals surface area contributed by atoms with Gasteiger partial charge in [-0.05, 0) is 11.6 Å². The number of rotatable bonds is 6. The van der Waals surface area contributed by atoms with Crippen LogP contribution in [0.25, 0.3) is 0 Å². The number of nitrogens with one attached hydrogen (secondary N) is 2. The predicted molar refractivity (Wildman–Crippen MR) is 90.8 cm³/mol. The van der Waals surface area contributed by atoms with E-state index in [0.717, 1.165) is 16.9 Å². The van der Waals surface area contributed by atoms with Crippen molar-refractivity contribution in [1.82, 2.24) is 15.6 Å². The summed E-state index contributed by atoms with van der Waals surface area (Å²) in [5, 5.41) is 6.52. The lowest BCUT2D eigenvalue weighted by molar-refractivity contribution is 0.397. The zero-order valence-electron chi connectivity index (χ0n) is 13.7. The number of hydrogen-bond acceptors (Lipinski definition) is 4. The number of ether oxygens (including phenoxy) is 2. The van der Waals surface area contributed by atoms with Gasteiger partial charge < -0.3 is 20.1 Å². The molecule has 6 heteroatoms. The van der Waals surface area contributed by atoms with Gasteiger partial charge in [-0.3, -0.25) is 4.99 Å². The predicted octanol–water partition coefficient (Wildman–Crippen LogP) is 1.96. The van der Waals surface area contributed by atoms with E-state index in [4.69, 9.17) is 9.47 Å². The van der Waals surface area contributed by atoms with E-state index in [0.29, 0.717) is 24.9 Å². The maximum absolute atomic E-state index is 5.34. The zero-order valence-corrected chi connectivity index (χ0v) is 13.7. The average molecular weight is 314 g/mol. The second-order valence-corrected chi connectivity index (χ2v) is 4.80. The fourth-order valence-corrected chi connectivity index (χ4v) is 2.07. The molecule has 1 aromatic heterocycles. The number of guanidine groups is 1. The Labute approximate surface area is 136 Å². The Bertz CT molecular complexity index is 641. The summed E-state index contributed by atoms with van der Waals surface area (Å²) >= 11 is 0. The molecule has 0 saturated carbocycles. The molecule has 2 rings (SSSR count). The summed E-state index contributed by atoms with van der Waals surface area (Å²) in [6.45, 7) is 1.26. The van der Waals surface area contributed by atoms with E-state index in [-0.39, 0.29) is 0 Å². The second-order valence-electron chi connectivity index (χ2n) is 4.80. The maximum Gasteiger partial charge on any atom is 0.212 e. The lowest BCUT2D eigenvalue weighted by Gasteiger charge is -2.13. The lowest BCUT2D eigenvalue weighted by atomic mass is 10.2. The SMILES string of the molecule is CN=C(NCc1ccc(OC)nc1)NCc1ccccc1OC. The molecule has 0 aliphatic heterocycles. The van der Waals surface area contributed by atoms with E-state index in [1.54, 1.807) is 27.5 Å². The molecular weight excluding hydrogens is 292 g/mol. The van der Waals surface area contributed by atoms with Gasteiger partial charge in [0.05, 0.1) is 14.2 Å². The zero-order chi connectivity index (χ0) is 16.5. The summed E-state index contributed by atoms with van der Waals surface area (Å²) in [7, 11) is 5.01. The highest BCUT2D eigenvalue weighted by Gasteiger charge is 2.03. The molecule has 2 N–H and O–H groups in total. The van der Waals surface area contributed by atoms with Crippen LogP contribution in [0.1, 0.15) is 11.1 Å². The van der Waals surface area contributed by atoms with Gasteiger partial charge in [-0.25, -0.2) is 4.98 Å². The Morgan fingerprint density at radius 1 is 1.04 bits per heavy atom. The van der Waals surface area contributed by atoms with Gasteiger partial charge in [0, 0.05) is 38.0 Å². The van der Waals surface area contributed by atoms with Crippen molar-refractivity contribution in [3.8, 4) is 11.6 Å². The van der Waals surface area contributed by atoms with Crippen LogP contribution in [0.2, 0.25) is 0 Å². The average Bonchev–Trinajstić information content (AvgIpc) is 2.62. The summed E-state index contributed by atoms with van der Waals surface area (Å²) < 4.78 is 10.4. The smallest absolute Gasteiger partial charge is 0.212 e. The maximum atomic E-state index is 5.34. The highest BCUT2D eigenvalue weighted by molar-refractivity contribution is 5.79. The van der Waals surface area contributed by atoms with Crippen molar-refractivity contribution in [2.75, 3.05) is 21.3 Å². The highest BCUT2D eigenvalue weighted by atomic mass is 16.5. The van der Waals surface area contributed by atoms with E-state index in [2.05, 4.69) is 20.6 Å². The van der Waals surface area contributed by atoms with Crippen molar-refractivity contribution in [3.05, 3.63) is 53.7 Å². The van der Waals surface area contributed by atoms with Crippen LogP contribution in [-0.2, 0) is 13.1 Å². The van der Waals surface area contributed by atoms with Gasteiger partial charge in [0.25, 0.3) is 0 Å². The molecule has 2 aromatic rings. The molecule has 6 nitrogen and oxygen atoms in total. The standard InChI is InChI=1S/C17H22N4O2/c1-18-17(20-11-13-8-9-16(23-3)19-10-13)21-12-14-6-4-5-7-15(14)22-2/h4-10H,11-12H2,1-3H3,(H2,18,20,21). The first kappa shape index (κ1) is 16.6. The molecule has 0 atom stereocenters. The van der Waals surface area contributed by atoms with Crippen LogP contribution < -0.4 is 20.1 Å². The molecular formula is C17H22N4O2. The molecule has 1 heterocycles. The molecule has 0 spiro atoms. The molecule has 0 amide bonds. The first-order valence-corrected chi connectivity index (χ1v) is 7.32. The van der Waals surface area contributed by atoms with Crippen LogP contribution in [0.3, 0.4) is 0 Å². The van der Waals surface area contributed by atoms with Crippen LogP contribution in [0, 0.1) is 0 Å². The normalized spacial score (nSPS) is 11.0. The van der Waals surface area contributed by atoms with Crippen molar-refractivity contribution in [2.45, 2.75) is 13.1 Å². The molecule has 0 fully saturated rings. The molecule has 0 aliphatic carbocycles. The fraction of sp³-hybridized carbons (Fsp3) is 0.294. The molecule has 0 bridgehead atoms. The number of pyridine rings is 1. The van der Waals surface area contributed by atoms with E-state index < -0.39 is 0 Å². The molecule has 122 valence electrons. The number of para-hydroxylation sites is 1. The van der Waals surface area contributed by atoms with Gasteiger partial charge in [0.15, 0.2) is 5.96 Å². The van der Waals surface area contributed by atoms with Crippen molar-refractivity contribution < 1.29 is 9.47 Å². The number of hydrogen-bond donors (Lipinski definition) is 2. The number of aromatic nitrogens is 1. The van der Waals surface area contributed by atoms with E-state index in [1.165, 1.54) is 0 Å². The monoisotopic (exact) mass is 314 g/mol. The third kappa shape index (κ3) is 4.88. The Kier molecular flexibility index (Phi) is 6.23. The van der Waals surface area contributed by atoms with Gasteiger partial charge >= 0.3 is 0 Å². The quantitative estimate of drug-likeness (QED) is 0.630. The summed E-state index contributed by atoms with van der Waals surface area (Å²) in [5.74, 6) is 2.17. The second kappa shape index (κ2) is 8.63. The fourth-order valence-electron chi connectivity index (χ4n) is 2.07. The van der Waals surface area contributed by atoms with Gasteiger partial charge in [0.2, 0.25) is 5.88 Å². The summed E-state index contributed by atoms with van der Waals surface area (Å²) in [6, 6.07) is 11.7. The van der Waals surface area contributed by atoms with E-state index in [1.807, 2.05) is 36.4 Å². The van der Waals surface area contributed by atoms with E-state index in [9.17, 15) is 0 Å². The summed E-state index contributed by atoms with van der Waals surface area (Å²) in [4.78, 5) is 8.39. The Hall–Kier alpha value is -2.76. The van der Waals surface area contributed by atoms with Crippen LogP contribution >= 0.6 is 0 Å². The summed E-state index contributed by atoms with van der Waals surface area (Å²) in [5.41, 5.74) is 2.12. The topological polar surface area (TPSA) is 67.8 Å². The third-order valence-corrected chi connectivity index (χ3v) is 3.33. The minimum absolute atomic E-state index is 0.604. The molecule has 0 unspecified atom stereocenters. The number of methoxy groups -OCH3 is 2. The van der Waals surface area contributed by atoms with Crippen molar-refractivity contribution >= 4 is 5.96 Å². The van der Waals surface area contributed by atoms with Gasteiger partial charge in [-0.1, -0.05) is 24.3 Å². The van der Waals surface area contributed by atoms with Crippen molar-refractivity contribution in [1.29, 1.82) is 0 Å². The first-order valence-electron chi connectivity index (χ1n) is 7.32. The molecule has 0 saturated heterocycles. The minimum Gasteiger partial charge on any atom is -0.496 e. The lowest BCUT2D eigenvalue weighted by Crippen LogP contribution is -2.36. The minimum atomic E-state index is 0.604. The number of aliphatic imine (C=N–C) groups is 1. The molecule has 0 aliphatic rings. The Morgan fingerprint density at radius 2 is 1.83 bits per heavy atom. The molecule has 0 radical (unpaired) electrons. The molecule has 1 aromatic carbocycles. The van der Waals surface area contributed by atoms with Crippen LogP contribution in [0.4, 0.5) is 0 Å². The Balaban J connectivity index is 1.88. The van der Waals surface area contributed by atoms with Gasteiger partial charge in [0.1, 0.15) is 5.75 Å². The van der Waals surface area contributed by atoms with Gasteiger partial charge in [-0.15, -0.1) is 0 Å². The largest absolute Gasteiger partial charge is 0.496 e. The van der Waals surface area contributed by atoms with Crippen LogP contribution in [0.5, 0.6) is 11.6 Å². The van der Waals surface area contributed by atoms with Crippen LogP contribution in [-0.4, -0.2) is 32.2 Å². The van der Waals surface area contributed by atoms with Gasteiger partial charge in [-0.2, -0.15) is 0 Å². The first-order chi connectivity index (χ1) is 11.3. The highest BCUT2D eigenvalue weighted by Crippen LogP contribution is 2.16. The summed E-state index contributed by atoms with van der Waals surface area (Å²) in [6.07, 6.45) is 1.78. The van der Waals surface area contributed by atoms with Crippen molar-refractivity contribution in [3.63, 3.8) is 0 Å². The molecule has 23 heavy (non-hydrogen) atoms. The Morgan fingerprint density at radius 3 is 2.48 bits per heavy atom. The van der Waals surface area contributed by atoms with Crippen LogP contribution in [0.15, 0.2) is 47.6 Å². The number of nitrogens with zero attached hydrogens (tertiary/aromatic N) is 2. The van der Waals surface area contributed by atoms with E-state index >= 15 is 0 Å². The third-order valence-electron chi connectivity index (χ3n) is 3.33.